The first-order valence-corrected chi connectivity index (χ1v) is 9.22. The van der Waals surface area contributed by atoms with Crippen molar-refractivity contribution in [2.45, 2.75) is 38.3 Å². The molecule has 3 N–H and O–H groups in total. The van der Waals surface area contributed by atoms with E-state index in [1.54, 1.807) is 18.2 Å². The van der Waals surface area contributed by atoms with E-state index in [2.05, 4.69) is 10.6 Å². The number of nitrogens with one attached hydrogen (secondary N) is 2. The number of anilines is 1. The molecule has 0 radical (unpaired) electrons. The van der Waals surface area contributed by atoms with Crippen molar-refractivity contribution < 1.29 is 33.8 Å². The van der Waals surface area contributed by atoms with Gasteiger partial charge in [0.25, 0.3) is 5.91 Å². The van der Waals surface area contributed by atoms with E-state index in [-0.39, 0.29) is 63.2 Å². The van der Waals surface area contributed by atoms with Crippen molar-refractivity contribution in [1.29, 1.82) is 0 Å². The first-order chi connectivity index (χ1) is 13.9. The number of rotatable bonds is 8. The number of hydrogen-bond acceptors (Lipinski definition) is 6. The summed E-state index contributed by atoms with van der Waals surface area (Å²) in [6.07, 6.45) is 0.335. The van der Waals surface area contributed by atoms with Crippen molar-refractivity contribution in [3.8, 4) is 0 Å². The molecule has 0 aliphatic carbocycles. The van der Waals surface area contributed by atoms with Crippen LogP contribution < -0.4 is 10.6 Å². The molecule has 4 amide bonds. The number of aliphatic carboxylic acids is 1. The largest absolute Gasteiger partial charge is 0.481 e. The molecule has 2 aliphatic rings. The maximum Gasteiger partial charge on any atom is 0.305 e. The molecule has 0 bridgehead atoms. The van der Waals surface area contributed by atoms with Gasteiger partial charge in [-0.05, 0) is 18.6 Å². The average Bonchev–Trinajstić information content (AvgIpc) is 2.99. The predicted molar refractivity (Wildman–Crippen MR) is 98.8 cm³/mol. The number of carboxylic acid groups (broad SMARTS) is 1. The molecule has 2 aliphatic heterocycles. The first kappa shape index (κ1) is 20.5. The van der Waals surface area contributed by atoms with Crippen LogP contribution in [0.3, 0.4) is 0 Å². The summed E-state index contributed by atoms with van der Waals surface area (Å²) >= 11 is 0. The molecule has 154 valence electrons. The number of carbonyl (C=O) groups is 5. The normalized spacial score (nSPS) is 18.4. The van der Waals surface area contributed by atoms with Gasteiger partial charge < -0.3 is 20.1 Å². The van der Waals surface area contributed by atoms with Gasteiger partial charge in [0.2, 0.25) is 17.7 Å². The quantitative estimate of drug-likeness (QED) is 0.418. The lowest BCUT2D eigenvalue weighted by atomic mass is 10.0. The number of imide groups is 1. The molecule has 2 heterocycles. The minimum Gasteiger partial charge on any atom is -0.481 e. The van der Waals surface area contributed by atoms with Gasteiger partial charge in [-0.1, -0.05) is 6.07 Å². The summed E-state index contributed by atoms with van der Waals surface area (Å²) in [5, 5.41) is 13.5. The zero-order valence-electron chi connectivity index (χ0n) is 15.6. The minimum atomic E-state index is -0.973. The first-order valence-electron chi connectivity index (χ1n) is 9.22. The summed E-state index contributed by atoms with van der Waals surface area (Å²) in [4.78, 5) is 60.2. The molecule has 29 heavy (non-hydrogen) atoms. The Morgan fingerprint density at radius 3 is 2.69 bits per heavy atom. The zero-order valence-corrected chi connectivity index (χ0v) is 15.6. The fraction of sp³-hybridized carbons (Fsp3) is 0.421. The van der Waals surface area contributed by atoms with Crippen LogP contribution in [0.4, 0.5) is 5.69 Å². The average molecular weight is 403 g/mol. The summed E-state index contributed by atoms with van der Waals surface area (Å²) in [6.45, 7) is 0.264. The van der Waals surface area contributed by atoms with E-state index in [9.17, 15) is 24.0 Å². The van der Waals surface area contributed by atoms with Gasteiger partial charge in [-0.25, -0.2) is 0 Å². The van der Waals surface area contributed by atoms with E-state index >= 15 is 0 Å². The summed E-state index contributed by atoms with van der Waals surface area (Å²) in [5.41, 5.74) is 1.49. The van der Waals surface area contributed by atoms with E-state index in [4.69, 9.17) is 9.84 Å². The van der Waals surface area contributed by atoms with Crippen LogP contribution in [-0.2, 0) is 30.5 Å². The van der Waals surface area contributed by atoms with Gasteiger partial charge in [0, 0.05) is 29.8 Å². The molecular weight excluding hydrogens is 382 g/mol. The topological polar surface area (TPSA) is 142 Å². The Hall–Kier alpha value is -3.27. The fourth-order valence-electron chi connectivity index (χ4n) is 3.34. The molecule has 1 fully saturated rings. The summed E-state index contributed by atoms with van der Waals surface area (Å²) in [5.74, 6) is -2.47. The molecule has 1 aromatic rings. The Labute approximate surface area is 166 Å². The second-order valence-corrected chi connectivity index (χ2v) is 6.79. The maximum atomic E-state index is 12.7. The number of fused-ring (bicyclic) bond motifs is 1. The number of nitrogens with zero attached hydrogens (tertiary/aromatic N) is 1. The van der Waals surface area contributed by atoms with Crippen LogP contribution in [0.2, 0.25) is 0 Å². The van der Waals surface area contributed by atoms with Crippen molar-refractivity contribution in [2.75, 3.05) is 18.5 Å². The summed E-state index contributed by atoms with van der Waals surface area (Å²) in [6, 6.07) is 4.22. The third-order valence-corrected chi connectivity index (χ3v) is 4.79. The van der Waals surface area contributed by atoms with Crippen LogP contribution >= 0.6 is 0 Å². The molecule has 0 spiro atoms. The number of ether oxygens (including phenoxy) is 1. The number of carboxylic acids is 1. The second kappa shape index (κ2) is 8.82. The van der Waals surface area contributed by atoms with Crippen LogP contribution in [0.25, 0.3) is 0 Å². The summed E-state index contributed by atoms with van der Waals surface area (Å²) < 4.78 is 5.10. The number of carbonyl (C=O) groups excluding carboxylic acids is 4. The Bertz CT molecular complexity index is 867. The number of piperidine rings is 1. The van der Waals surface area contributed by atoms with Crippen LogP contribution in [0.1, 0.15) is 41.6 Å². The van der Waals surface area contributed by atoms with Crippen LogP contribution in [0.15, 0.2) is 18.2 Å². The number of benzene rings is 1. The van der Waals surface area contributed by atoms with Gasteiger partial charge in [-0.2, -0.15) is 0 Å². The molecule has 10 nitrogen and oxygen atoms in total. The van der Waals surface area contributed by atoms with Gasteiger partial charge in [0.15, 0.2) is 0 Å². The highest BCUT2D eigenvalue weighted by Gasteiger charge is 2.39. The van der Waals surface area contributed by atoms with Gasteiger partial charge in [0.1, 0.15) is 6.04 Å². The lowest BCUT2D eigenvalue weighted by Gasteiger charge is -2.29. The van der Waals surface area contributed by atoms with Gasteiger partial charge in [0.05, 0.1) is 26.1 Å². The lowest BCUT2D eigenvalue weighted by Crippen LogP contribution is -2.52. The standard InChI is InChI=1S/C19H21N3O7/c23-15-5-4-14(18(27)21-15)22-10-12-11(19(22)28)2-1-3-13(12)20-16(24)6-8-29-9-7-17(25)26/h1-3,14H,4-10H2,(H,20,24)(H,25,26)(H,21,23,27). The maximum absolute atomic E-state index is 12.7. The predicted octanol–water partition coefficient (Wildman–Crippen LogP) is 0.268. The van der Waals surface area contributed by atoms with E-state index in [1.165, 1.54) is 4.90 Å². The van der Waals surface area contributed by atoms with Crippen molar-refractivity contribution in [1.82, 2.24) is 10.2 Å². The Balaban J connectivity index is 1.61. The number of hydrogen-bond donors (Lipinski definition) is 3. The van der Waals surface area contributed by atoms with Crippen LogP contribution in [0.5, 0.6) is 0 Å². The van der Waals surface area contributed by atoms with Crippen molar-refractivity contribution >= 4 is 35.3 Å². The third kappa shape index (κ3) is 4.77. The number of amides is 4. The molecule has 0 aromatic heterocycles. The molecule has 1 saturated heterocycles. The fourth-order valence-corrected chi connectivity index (χ4v) is 3.34. The van der Waals surface area contributed by atoms with E-state index < -0.39 is 17.9 Å². The van der Waals surface area contributed by atoms with Gasteiger partial charge in [-0.3, -0.25) is 29.3 Å². The van der Waals surface area contributed by atoms with Gasteiger partial charge >= 0.3 is 5.97 Å². The van der Waals surface area contributed by atoms with E-state index in [0.29, 0.717) is 16.8 Å². The highest BCUT2D eigenvalue weighted by Crippen LogP contribution is 2.32. The highest BCUT2D eigenvalue weighted by atomic mass is 16.5. The highest BCUT2D eigenvalue weighted by molar-refractivity contribution is 6.06. The molecule has 3 rings (SSSR count). The van der Waals surface area contributed by atoms with Crippen LogP contribution in [-0.4, -0.2) is 58.9 Å². The molecule has 1 aromatic carbocycles. The Morgan fingerprint density at radius 2 is 1.97 bits per heavy atom. The molecule has 1 atom stereocenters. The van der Waals surface area contributed by atoms with Crippen molar-refractivity contribution in [2.24, 2.45) is 0 Å². The SMILES string of the molecule is O=C(O)CCOCCC(=O)Nc1cccc2c1CN(C1CCC(=O)NC1=O)C2=O. The molecule has 1 unspecified atom stereocenters. The molecule has 10 heteroatoms. The molecule has 0 saturated carbocycles. The summed E-state index contributed by atoms with van der Waals surface area (Å²) in [7, 11) is 0. The smallest absolute Gasteiger partial charge is 0.305 e. The minimum absolute atomic E-state index is 0.0266. The third-order valence-electron chi connectivity index (χ3n) is 4.79. The Morgan fingerprint density at radius 1 is 1.21 bits per heavy atom. The van der Waals surface area contributed by atoms with Crippen molar-refractivity contribution in [3.05, 3.63) is 29.3 Å². The van der Waals surface area contributed by atoms with Gasteiger partial charge in [-0.15, -0.1) is 0 Å². The zero-order chi connectivity index (χ0) is 21.0. The molecular formula is C19H21N3O7. The van der Waals surface area contributed by atoms with Crippen molar-refractivity contribution in [3.63, 3.8) is 0 Å². The van der Waals surface area contributed by atoms with E-state index in [1.807, 2.05) is 0 Å². The Kier molecular flexibility index (Phi) is 6.23. The lowest BCUT2D eigenvalue weighted by molar-refractivity contribution is -0.139. The monoisotopic (exact) mass is 403 g/mol. The van der Waals surface area contributed by atoms with Crippen LogP contribution in [0, 0.1) is 0 Å². The van der Waals surface area contributed by atoms with E-state index in [0.717, 1.165) is 0 Å². The second-order valence-electron chi connectivity index (χ2n) is 6.79.